The lowest BCUT2D eigenvalue weighted by Crippen LogP contribution is -2.33. The van der Waals surface area contributed by atoms with Crippen LogP contribution in [0, 0.1) is 5.82 Å². The summed E-state index contributed by atoms with van der Waals surface area (Å²) in [5, 5.41) is 11.5. The van der Waals surface area contributed by atoms with Crippen molar-refractivity contribution < 1.29 is 18.7 Å². The number of carbonyl (C=O) groups excluding carboxylic acids is 2. The summed E-state index contributed by atoms with van der Waals surface area (Å²) >= 11 is 1.22. The molecular weight excluding hydrogens is 361 g/mol. The van der Waals surface area contributed by atoms with Crippen molar-refractivity contribution in [2.45, 2.75) is 26.0 Å². The van der Waals surface area contributed by atoms with Crippen LogP contribution in [0.15, 0.2) is 18.2 Å². The Morgan fingerprint density at radius 3 is 2.92 bits per heavy atom. The summed E-state index contributed by atoms with van der Waals surface area (Å²) in [6, 6.07) is 4.14. The van der Waals surface area contributed by atoms with Gasteiger partial charge in [0.25, 0.3) is 0 Å². The van der Waals surface area contributed by atoms with Crippen LogP contribution in [0.25, 0.3) is 10.6 Å². The topological polar surface area (TPSA) is 110 Å². The van der Waals surface area contributed by atoms with Gasteiger partial charge in [-0.3, -0.25) is 9.69 Å². The summed E-state index contributed by atoms with van der Waals surface area (Å²) in [5.74, 6) is -0.730. The lowest BCUT2D eigenvalue weighted by molar-refractivity contribution is -0.119. The van der Waals surface area contributed by atoms with Gasteiger partial charge in [0, 0.05) is 12.5 Å². The Kier molecular flexibility index (Phi) is 5.14. The Hall–Kier alpha value is -2.59. The molecule has 2 heterocycles. The minimum Gasteiger partial charge on any atom is -0.442 e. The quantitative estimate of drug-likeness (QED) is 0.820. The van der Waals surface area contributed by atoms with Gasteiger partial charge in [0.1, 0.15) is 16.9 Å². The molecule has 1 aliphatic rings. The molecule has 1 saturated heterocycles. The number of ether oxygens (including phenoxy) is 1. The van der Waals surface area contributed by atoms with E-state index in [2.05, 4.69) is 15.5 Å². The number of hydrogen-bond acceptors (Lipinski definition) is 7. The van der Waals surface area contributed by atoms with Crippen molar-refractivity contribution in [2.75, 3.05) is 18.0 Å². The molecule has 138 valence electrons. The second-order valence-electron chi connectivity index (χ2n) is 5.95. The molecule has 3 N–H and O–H groups in total. The van der Waals surface area contributed by atoms with Crippen LogP contribution in [0.2, 0.25) is 0 Å². The smallest absolute Gasteiger partial charge is 0.414 e. The highest BCUT2D eigenvalue weighted by molar-refractivity contribution is 7.14. The maximum Gasteiger partial charge on any atom is 0.414 e. The van der Waals surface area contributed by atoms with E-state index < -0.39 is 18.0 Å². The first-order valence-electron chi connectivity index (χ1n) is 7.96. The molecule has 1 aliphatic heterocycles. The van der Waals surface area contributed by atoms with Gasteiger partial charge < -0.3 is 15.8 Å². The number of aromatic nitrogens is 2. The Bertz CT molecular complexity index is 841. The van der Waals surface area contributed by atoms with Crippen LogP contribution in [-0.2, 0) is 9.53 Å². The molecule has 3 rings (SSSR count). The number of nitrogens with zero attached hydrogens (tertiary/aromatic N) is 3. The molecule has 0 radical (unpaired) electrons. The zero-order valence-corrected chi connectivity index (χ0v) is 15.0. The summed E-state index contributed by atoms with van der Waals surface area (Å²) in [6.45, 7) is 3.60. The summed E-state index contributed by atoms with van der Waals surface area (Å²) in [5.41, 5.74) is 6.42. The average molecular weight is 379 g/mol. The van der Waals surface area contributed by atoms with Gasteiger partial charge in [0.15, 0.2) is 5.01 Å². The van der Waals surface area contributed by atoms with Gasteiger partial charge in [0.2, 0.25) is 5.91 Å². The predicted molar refractivity (Wildman–Crippen MR) is 94.2 cm³/mol. The number of nitrogens with two attached hydrogens (primary N) is 1. The number of amides is 2. The molecule has 8 nitrogen and oxygen atoms in total. The van der Waals surface area contributed by atoms with Crippen molar-refractivity contribution >= 4 is 29.0 Å². The maximum absolute atomic E-state index is 14.5. The highest BCUT2D eigenvalue weighted by Gasteiger charge is 2.32. The van der Waals surface area contributed by atoms with Gasteiger partial charge in [-0.15, -0.1) is 10.2 Å². The number of rotatable bonds is 5. The van der Waals surface area contributed by atoms with Gasteiger partial charge in [-0.25, -0.2) is 9.18 Å². The van der Waals surface area contributed by atoms with Crippen LogP contribution in [0.5, 0.6) is 0 Å². The molecule has 1 aromatic carbocycles. The van der Waals surface area contributed by atoms with Crippen LogP contribution in [-0.4, -0.2) is 41.4 Å². The maximum atomic E-state index is 14.5. The lowest BCUT2D eigenvalue weighted by Gasteiger charge is -2.14. The first-order chi connectivity index (χ1) is 12.3. The van der Waals surface area contributed by atoms with Crippen LogP contribution in [0.1, 0.15) is 24.9 Å². The van der Waals surface area contributed by atoms with Gasteiger partial charge in [0.05, 0.1) is 24.8 Å². The Morgan fingerprint density at radius 1 is 1.54 bits per heavy atom. The van der Waals surface area contributed by atoms with E-state index in [-0.39, 0.29) is 25.0 Å². The Balaban J connectivity index is 1.76. The van der Waals surface area contributed by atoms with Gasteiger partial charge in [-0.1, -0.05) is 11.3 Å². The SMILES string of the molecule is CC(=O)NCC1CN(c2ccc(-c3nnc([C@H](C)N)s3)c(F)c2)C(=O)O1. The minimum absolute atomic E-state index is 0.210. The molecule has 0 aliphatic carbocycles. The molecule has 10 heteroatoms. The number of halogens is 1. The summed E-state index contributed by atoms with van der Waals surface area (Å²) in [4.78, 5) is 24.3. The summed E-state index contributed by atoms with van der Waals surface area (Å²) in [7, 11) is 0. The Labute approximate surface area is 153 Å². The van der Waals surface area contributed by atoms with E-state index in [0.29, 0.717) is 21.3 Å². The molecular formula is C16H18FN5O3S. The third kappa shape index (κ3) is 3.81. The second-order valence-corrected chi connectivity index (χ2v) is 6.96. The second kappa shape index (κ2) is 7.34. The van der Waals surface area contributed by atoms with Crippen molar-refractivity contribution in [2.24, 2.45) is 5.73 Å². The first kappa shape index (κ1) is 18.2. The first-order valence-corrected chi connectivity index (χ1v) is 8.78. The lowest BCUT2D eigenvalue weighted by atomic mass is 10.2. The van der Waals surface area contributed by atoms with Crippen LogP contribution in [0.4, 0.5) is 14.9 Å². The van der Waals surface area contributed by atoms with Crippen LogP contribution >= 0.6 is 11.3 Å². The zero-order valence-electron chi connectivity index (χ0n) is 14.2. The van der Waals surface area contributed by atoms with Crippen molar-refractivity contribution in [1.82, 2.24) is 15.5 Å². The number of carbonyl (C=O) groups is 2. The Morgan fingerprint density at radius 2 is 2.31 bits per heavy atom. The monoisotopic (exact) mass is 379 g/mol. The van der Waals surface area contributed by atoms with Gasteiger partial charge >= 0.3 is 6.09 Å². The fraction of sp³-hybridized carbons (Fsp3) is 0.375. The van der Waals surface area contributed by atoms with Gasteiger partial charge in [-0.2, -0.15) is 0 Å². The number of hydrogen-bond donors (Lipinski definition) is 2. The van der Waals surface area contributed by atoms with Crippen molar-refractivity contribution in [3.8, 4) is 10.6 Å². The van der Waals surface area contributed by atoms with Crippen molar-refractivity contribution in [1.29, 1.82) is 0 Å². The number of cyclic esters (lactones) is 1. The third-order valence-corrected chi connectivity index (χ3v) is 4.94. The molecule has 0 spiro atoms. The van der Waals surface area contributed by atoms with Crippen molar-refractivity contribution in [3.63, 3.8) is 0 Å². The van der Waals surface area contributed by atoms with Crippen LogP contribution in [0.3, 0.4) is 0 Å². The normalized spacial score (nSPS) is 17.9. The number of benzene rings is 1. The molecule has 2 aromatic rings. The standard InChI is InChI=1S/C16H18FN5O3S/c1-8(18)14-20-21-15(26-14)12-4-3-10(5-13(12)17)22-7-11(25-16(22)24)6-19-9(2)23/h3-5,8,11H,6-7,18H2,1-2H3,(H,19,23)/t8-,11?/m0/s1. The van der Waals surface area contributed by atoms with Crippen molar-refractivity contribution in [3.05, 3.63) is 29.0 Å². The molecule has 26 heavy (non-hydrogen) atoms. The molecule has 2 atom stereocenters. The molecule has 1 aromatic heterocycles. The van der Waals surface area contributed by atoms with E-state index in [0.717, 1.165) is 0 Å². The zero-order chi connectivity index (χ0) is 18.8. The van der Waals surface area contributed by atoms with E-state index in [1.54, 1.807) is 19.1 Å². The molecule has 2 amide bonds. The van der Waals surface area contributed by atoms with E-state index in [1.807, 2.05) is 0 Å². The van der Waals surface area contributed by atoms with E-state index in [1.165, 1.54) is 29.2 Å². The molecule has 0 bridgehead atoms. The molecule has 1 unspecified atom stereocenters. The third-order valence-electron chi connectivity index (χ3n) is 3.78. The summed E-state index contributed by atoms with van der Waals surface area (Å²) < 4.78 is 19.7. The fourth-order valence-electron chi connectivity index (χ4n) is 2.47. The number of anilines is 1. The van der Waals surface area contributed by atoms with E-state index in [4.69, 9.17) is 10.5 Å². The van der Waals surface area contributed by atoms with E-state index in [9.17, 15) is 14.0 Å². The minimum atomic E-state index is -0.581. The molecule has 1 fully saturated rings. The predicted octanol–water partition coefficient (Wildman–Crippen LogP) is 1.83. The largest absolute Gasteiger partial charge is 0.442 e. The molecule has 0 saturated carbocycles. The fourth-order valence-corrected chi connectivity index (χ4v) is 3.29. The highest BCUT2D eigenvalue weighted by atomic mass is 32.1. The van der Waals surface area contributed by atoms with Crippen LogP contribution < -0.4 is 16.0 Å². The van der Waals surface area contributed by atoms with Gasteiger partial charge in [-0.05, 0) is 25.1 Å². The summed E-state index contributed by atoms with van der Waals surface area (Å²) in [6.07, 6.45) is -1.06. The van der Waals surface area contributed by atoms with E-state index >= 15 is 0 Å². The highest BCUT2D eigenvalue weighted by Crippen LogP contribution is 2.31. The number of nitrogens with one attached hydrogen (secondary N) is 1. The average Bonchev–Trinajstić information content (AvgIpc) is 3.20.